The normalized spacial score (nSPS) is 11.6. The molecule has 0 aromatic heterocycles. The van der Waals surface area contributed by atoms with Crippen molar-refractivity contribution in [3.63, 3.8) is 0 Å². The molecule has 1 amide bonds. The third kappa shape index (κ3) is 6.18. The number of hydrogen-bond donors (Lipinski definition) is 3. The van der Waals surface area contributed by atoms with Crippen LogP contribution in [0.15, 0.2) is 54.6 Å². The maximum Gasteiger partial charge on any atom is 0.411 e. The van der Waals surface area contributed by atoms with Gasteiger partial charge >= 0.3 is 6.09 Å². The number of nitrogens with one attached hydrogen (secondary N) is 2. The van der Waals surface area contributed by atoms with Gasteiger partial charge < -0.3 is 15.2 Å². The Hall–Kier alpha value is -2.24. The van der Waals surface area contributed by atoms with Crippen molar-refractivity contribution in [2.24, 2.45) is 0 Å². The van der Waals surface area contributed by atoms with E-state index in [1.54, 1.807) is 24.3 Å². The van der Waals surface area contributed by atoms with Crippen molar-refractivity contribution in [3.05, 3.63) is 60.2 Å². The van der Waals surface area contributed by atoms with E-state index in [0.29, 0.717) is 12.2 Å². The summed E-state index contributed by atoms with van der Waals surface area (Å²) in [4.78, 5) is 11.7. The number of hydrogen-bond acceptors (Lipinski definition) is 4. The second-order valence-corrected chi connectivity index (χ2v) is 5.26. The SMILES string of the molecule is O=C(Nc1ccc(NCC(O)CCl)cc1)OCc1ccccc1. The molecule has 5 nitrogen and oxygen atoms in total. The third-order valence-corrected chi connectivity index (χ3v) is 3.42. The largest absolute Gasteiger partial charge is 0.444 e. The zero-order chi connectivity index (χ0) is 16.5. The summed E-state index contributed by atoms with van der Waals surface area (Å²) in [6, 6.07) is 16.6. The molecule has 6 heteroatoms. The van der Waals surface area contributed by atoms with Crippen molar-refractivity contribution in [2.75, 3.05) is 23.1 Å². The van der Waals surface area contributed by atoms with Gasteiger partial charge in [0.15, 0.2) is 0 Å². The highest BCUT2D eigenvalue weighted by Crippen LogP contribution is 2.14. The first-order valence-electron chi connectivity index (χ1n) is 7.23. The molecule has 0 saturated heterocycles. The fourth-order valence-electron chi connectivity index (χ4n) is 1.84. The molecule has 0 heterocycles. The molecule has 2 aromatic rings. The molecule has 0 spiro atoms. The molecular formula is C17H19ClN2O3. The van der Waals surface area contributed by atoms with E-state index in [1.807, 2.05) is 30.3 Å². The number of alkyl halides is 1. The minimum absolute atomic E-state index is 0.180. The Morgan fingerprint density at radius 3 is 2.39 bits per heavy atom. The maximum absolute atomic E-state index is 11.7. The van der Waals surface area contributed by atoms with E-state index in [9.17, 15) is 9.90 Å². The predicted molar refractivity (Wildman–Crippen MR) is 91.9 cm³/mol. The van der Waals surface area contributed by atoms with Gasteiger partial charge in [0.05, 0.1) is 12.0 Å². The molecule has 0 bridgehead atoms. The molecule has 0 radical (unpaired) electrons. The summed E-state index contributed by atoms with van der Waals surface area (Å²) >= 11 is 5.52. The first-order valence-corrected chi connectivity index (χ1v) is 7.76. The van der Waals surface area contributed by atoms with Gasteiger partial charge in [-0.2, -0.15) is 0 Å². The van der Waals surface area contributed by atoms with Crippen LogP contribution in [0.4, 0.5) is 16.2 Å². The molecule has 0 aliphatic rings. The van der Waals surface area contributed by atoms with Gasteiger partial charge in [-0.15, -0.1) is 11.6 Å². The minimum Gasteiger partial charge on any atom is -0.444 e. The van der Waals surface area contributed by atoms with Crippen LogP contribution in [-0.2, 0) is 11.3 Å². The Labute approximate surface area is 140 Å². The monoisotopic (exact) mass is 334 g/mol. The van der Waals surface area contributed by atoms with Crippen molar-refractivity contribution in [1.82, 2.24) is 0 Å². The van der Waals surface area contributed by atoms with Crippen LogP contribution < -0.4 is 10.6 Å². The number of benzene rings is 2. The minimum atomic E-state index is -0.595. The van der Waals surface area contributed by atoms with E-state index < -0.39 is 12.2 Å². The molecule has 1 atom stereocenters. The highest BCUT2D eigenvalue weighted by atomic mass is 35.5. The lowest BCUT2D eigenvalue weighted by Crippen LogP contribution is -2.20. The molecule has 1 unspecified atom stereocenters. The summed E-state index contributed by atoms with van der Waals surface area (Å²) in [6.07, 6.45) is -1.10. The molecule has 2 aromatic carbocycles. The van der Waals surface area contributed by atoms with Crippen LogP contribution in [0.1, 0.15) is 5.56 Å². The standard InChI is InChI=1S/C17H19ClN2O3/c18-10-16(21)11-19-14-6-8-15(9-7-14)20-17(22)23-12-13-4-2-1-3-5-13/h1-9,16,19,21H,10-12H2,(H,20,22). The average molecular weight is 335 g/mol. The molecule has 2 rings (SSSR count). The van der Waals surface area contributed by atoms with Crippen molar-refractivity contribution in [1.29, 1.82) is 0 Å². The van der Waals surface area contributed by atoms with Gasteiger partial charge in [0.1, 0.15) is 6.61 Å². The van der Waals surface area contributed by atoms with E-state index in [0.717, 1.165) is 11.3 Å². The van der Waals surface area contributed by atoms with Gasteiger partial charge in [-0.3, -0.25) is 5.32 Å². The van der Waals surface area contributed by atoms with E-state index in [1.165, 1.54) is 0 Å². The van der Waals surface area contributed by atoms with Crippen molar-refractivity contribution in [3.8, 4) is 0 Å². The number of aliphatic hydroxyl groups excluding tert-OH is 1. The number of carbonyl (C=O) groups excluding carboxylic acids is 1. The quantitative estimate of drug-likeness (QED) is 0.678. The molecule has 122 valence electrons. The van der Waals surface area contributed by atoms with Gasteiger partial charge in [-0.05, 0) is 29.8 Å². The van der Waals surface area contributed by atoms with Crippen molar-refractivity contribution < 1.29 is 14.6 Å². The Bertz CT molecular complexity index is 605. The number of ether oxygens (including phenoxy) is 1. The van der Waals surface area contributed by atoms with Crippen LogP contribution in [0.3, 0.4) is 0 Å². The van der Waals surface area contributed by atoms with Crippen LogP contribution in [0.25, 0.3) is 0 Å². The van der Waals surface area contributed by atoms with Crippen LogP contribution in [-0.4, -0.2) is 29.7 Å². The Morgan fingerprint density at radius 1 is 1.09 bits per heavy atom. The molecule has 0 saturated carbocycles. The summed E-state index contributed by atoms with van der Waals surface area (Å²) in [7, 11) is 0. The molecule has 0 fully saturated rings. The van der Waals surface area contributed by atoms with Crippen LogP contribution >= 0.6 is 11.6 Å². The number of rotatable bonds is 7. The maximum atomic E-state index is 11.7. The fourth-order valence-corrected chi connectivity index (χ4v) is 1.95. The van der Waals surface area contributed by atoms with Gasteiger partial charge in [-0.25, -0.2) is 4.79 Å². The van der Waals surface area contributed by atoms with Crippen LogP contribution in [0.5, 0.6) is 0 Å². The van der Waals surface area contributed by atoms with E-state index in [4.69, 9.17) is 16.3 Å². The number of halogens is 1. The molecular weight excluding hydrogens is 316 g/mol. The number of anilines is 2. The molecule has 23 heavy (non-hydrogen) atoms. The summed E-state index contributed by atoms with van der Waals surface area (Å²) < 4.78 is 5.14. The van der Waals surface area contributed by atoms with E-state index >= 15 is 0 Å². The summed E-state index contributed by atoms with van der Waals surface area (Å²) in [5, 5.41) is 15.1. The summed E-state index contributed by atoms with van der Waals surface area (Å²) in [5.41, 5.74) is 2.39. The zero-order valence-corrected chi connectivity index (χ0v) is 13.3. The van der Waals surface area contributed by atoms with Crippen molar-refractivity contribution >= 4 is 29.1 Å². The van der Waals surface area contributed by atoms with Crippen molar-refractivity contribution in [2.45, 2.75) is 12.7 Å². The second kappa shape index (κ2) is 9.02. The lowest BCUT2D eigenvalue weighted by Gasteiger charge is -2.11. The van der Waals surface area contributed by atoms with Gasteiger partial charge in [-0.1, -0.05) is 30.3 Å². The summed E-state index contributed by atoms with van der Waals surface area (Å²) in [5.74, 6) is 0.180. The average Bonchev–Trinajstić information content (AvgIpc) is 2.60. The number of aliphatic hydroxyl groups is 1. The molecule has 3 N–H and O–H groups in total. The van der Waals surface area contributed by atoms with Crippen LogP contribution in [0.2, 0.25) is 0 Å². The first-order chi connectivity index (χ1) is 11.2. The predicted octanol–water partition coefficient (Wildman–Crippen LogP) is 3.45. The fraction of sp³-hybridized carbons (Fsp3) is 0.235. The highest BCUT2D eigenvalue weighted by molar-refractivity contribution is 6.18. The smallest absolute Gasteiger partial charge is 0.411 e. The Balaban J connectivity index is 1.77. The Morgan fingerprint density at radius 2 is 1.74 bits per heavy atom. The van der Waals surface area contributed by atoms with E-state index in [-0.39, 0.29) is 12.5 Å². The zero-order valence-electron chi connectivity index (χ0n) is 12.5. The van der Waals surface area contributed by atoms with Gasteiger partial charge in [0, 0.05) is 17.9 Å². The summed E-state index contributed by atoms with van der Waals surface area (Å²) in [6.45, 7) is 0.595. The Kier molecular flexibility index (Phi) is 6.72. The van der Waals surface area contributed by atoms with E-state index in [2.05, 4.69) is 10.6 Å². The molecule has 0 aliphatic heterocycles. The number of carbonyl (C=O) groups is 1. The second-order valence-electron chi connectivity index (χ2n) is 4.95. The van der Waals surface area contributed by atoms with Gasteiger partial charge in [0.25, 0.3) is 0 Å². The van der Waals surface area contributed by atoms with Gasteiger partial charge in [0.2, 0.25) is 0 Å². The molecule has 0 aliphatic carbocycles. The lowest BCUT2D eigenvalue weighted by atomic mass is 10.2. The lowest BCUT2D eigenvalue weighted by molar-refractivity contribution is 0.155. The topological polar surface area (TPSA) is 70.6 Å². The number of amides is 1. The first kappa shape index (κ1) is 17.1. The highest BCUT2D eigenvalue weighted by Gasteiger charge is 2.05. The third-order valence-electron chi connectivity index (χ3n) is 3.06. The van der Waals surface area contributed by atoms with Crippen LogP contribution in [0, 0.1) is 0 Å².